The molecule has 0 aromatic carbocycles. The van der Waals surface area contributed by atoms with E-state index in [-0.39, 0.29) is 11.9 Å². The van der Waals surface area contributed by atoms with Gasteiger partial charge in [0, 0.05) is 19.0 Å². The minimum absolute atomic E-state index is 0.0926. The zero-order valence-electron chi connectivity index (χ0n) is 10.7. The summed E-state index contributed by atoms with van der Waals surface area (Å²) in [6.45, 7) is 5.96. The van der Waals surface area contributed by atoms with Gasteiger partial charge in [0.05, 0.1) is 6.04 Å². The molecule has 0 aliphatic carbocycles. The number of nitrogens with one attached hydrogen (secondary N) is 3. The molecule has 0 saturated carbocycles. The highest BCUT2D eigenvalue weighted by molar-refractivity contribution is 5.96. The second-order valence-corrected chi connectivity index (χ2v) is 3.75. The number of hydrogen-bond acceptors (Lipinski definition) is 3. The Labute approximate surface area is 103 Å². The van der Waals surface area contributed by atoms with Crippen LogP contribution in [0.5, 0.6) is 0 Å². The van der Waals surface area contributed by atoms with Gasteiger partial charge in [0.15, 0.2) is 0 Å². The van der Waals surface area contributed by atoms with Gasteiger partial charge < -0.3 is 10.6 Å². The van der Waals surface area contributed by atoms with Gasteiger partial charge in [-0.15, -0.1) is 12.3 Å². The molecule has 0 fully saturated rings. The third-order valence-electron chi connectivity index (χ3n) is 2.31. The molecule has 2 atom stereocenters. The van der Waals surface area contributed by atoms with E-state index in [1.165, 1.54) is 0 Å². The van der Waals surface area contributed by atoms with Crippen LogP contribution in [0.25, 0.3) is 0 Å². The van der Waals surface area contributed by atoms with E-state index < -0.39 is 12.1 Å². The van der Waals surface area contributed by atoms with E-state index in [9.17, 15) is 9.59 Å². The number of urea groups is 1. The second-order valence-electron chi connectivity index (χ2n) is 3.75. The maximum absolute atomic E-state index is 11.6. The first-order valence-corrected chi connectivity index (χ1v) is 5.83. The molecule has 0 aromatic rings. The van der Waals surface area contributed by atoms with Crippen LogP contribution in [-0.4, -0.2) is 30.6 Å². The zero-order valence-corrected chi connectivity index (χ0v) is 10.7. The van der Waals surface area contributed by atoms with Gasteiger partial charge in [-0.3, -0.25) is 10.1 Å². The average Bonchev–Trinajstić information content (AvgIpc) is 2.28. The highest BCUT2D eigenvalue weighted by Crippen LogP contribution is 1.98. The third kappa shape index (κ3) is 6.59. The predicted octanol–water partition coefficient (Wildman–Crippen LogP) is 0.612. The molecular weight excluding hydrogens is 218 g/mol. The van der Waals surface area contributed by atoms with E-state index in [2.05, 4.69) is 21.9 Å². The highest BCUT2D eigenvalue weighted by atomic mass is 16.2. The maximum Gasteiger partial charge on any atom is 0.321 e. The lowest BCUT2D eigenvalue weighted by atomic mass is 10.1. The van der Waals surface area contributed by atoms with Crippen LogP contribution in [0.4, 0.5) is 4.79 Å². The Morgan fingerprint density at radius 3 is 2.47 bits per heavy atom. The fourth-order valence-electron chi connectivity index (χ4n) is 1.32. The van der Waals surface area contributed by atoms with Gasteiger partial charge in [-0.05, 0) is 20.3 Å². The molecule has 0 aromatic heterocycles. The summed E-state index contributed by atoms with van der Waals surface area (Å²) in [6.07, 6.45) is 6.62. The van der Waals surface area contributed by atoms with Crippen LogP contribution < -0.4 is 16.0 Å². The van der Waals surface area contributed by atoms with Crippen molar-refractivity contribution >= 4 is 11.9 Å². The summed E-state index contributed by atoms with van der Waals surface area (Å²) in [7, 11) is 0. The number of hydrogen-bond donors (Lipinski definition) is 3. The fourth-order valence-corrected chi connectivity index (χ4v) is 1.32. The Bertz CT molecular complexity index is 297. The molecule has 5 nitrogen and oxygen atoms in total. The number of carbonyl (C=O) groups is 2. The number of rotatable bonds is 6. The summed E-state index contributed by atoms with van der Waals surface area (Å²) >= 11 is 0. The summed E-state index contributed by atoms with van der Waals surface area (Å²) < 4.78 is 0. The standard InChI is InChI=1S/C12H21N3O2/c1-5-8-10(6-2)14-9(4)11(16)15-12(17)13-7-3/h1,9-10,14H,6-8H2,2-4H3,(H2,13,15,16,17). The molecule has 5 heteroatoms. The number of amides is 3. The SMILES string of the molecule is C#CCC(CC)NC(C)C(=O)NC(=O)NCC. The lowest BCUT2D eigenvalue weighted by Gasteiger charge is -2.19. The third-order valence-corrected chi connectivity index (χ3v) is 2.31. The molecule has 3 amide bonds. The van der Waals surface area contributed by atoms with Crippen LogP contribution in [0, 0.1) is 12.3 Å². The molecular formula is C12H21N3O2. The minimum Gasteiger partial charge on any atom is -0.338 e. The molecule has 3 N–H and O–H groups in total. The first kappa shape index (κ1) is 15.5. The molecule has 0 aliphatic rings. The van der Waals surface area contributed by atoms with Crippen LogP contribution >= 0.6 is 0 Å². The van der Waals surface area contributed by atoms with E-state index in [1.54, 1.807) is 13.8 Å². The average molecular weight is 239 g/mol. The zero-order chi connectivity index (χ0) is 13.3. The van der Waals surface area contributed by atoms with Crippen molar-refractivity contribution in [1.29, 1.82) is 0 Å². The minimum atomic E-state index is -0.476. The van der Waals surface area contributed by atoms with Crippen molar-refractivity contribution in [3.05, 3.63) is 0 Å². The van der Waals surface area contributed by atoms with Gasteiger partial charge in [-0.2, -0.15) is 0 Å². The monoisotopic (exact) mass is 239 g/mol. The molecule has 0 spiro atoms. The topological polar surface area (TPSA) is 70.2 Å². The number of imide groups is 1. The van der Waals surface area contributed by atoms with Gasteiger partial charge in [0.25, 0.3) is 0 Å². The van der Waals surface area contributed by atoms with Crippen LogP contribution in [0.2, 0.25) is 0 Å². The molecule has 0 rings (SSSR count). The second kappa shape index (κ2) is 8.59. The summed E-state index contributed by atoms with van der Waals surface area (Å²) in [5.41, 5.74) is 0. The normalized spacial score (nSPS) is 13.3. The van der Waals surface area contributed by atoms with Gasteiger partial charge in [0.2, 0.25) is 5.91 Å². The molecule has 0 aliphatic heterocycles. The summed E-state index contributed by atoms with van der Waals surface area (Å²) in [6, 6.07) is -0.831. The summed E-state index contributed by atoms with van der Waals surface area (Å²) in [4.78, 5) is 22.7. The van der Waals surface area contributed by atoms with E-state index in [0.717, 1.165) is 6.42 Å². The quantitative estimate of drug-likeness (QED) is 0.595. The van der Waals surface area contributed by atoms with Crippen molar-refractivity contribution in [2.24, 2.45) is 0 Å². The van der Waals surface area contributed by atoms with Crippen LogP contribution in [-0.2, 0) is 4.79 Å². The molecule has 96 valence electrons. The van der Waals surface area contributed by atoms with E-state index in [4.69, 9.17) is 6.42 Å². The summed E-state index contributed by atoms with van der Waals surface area (Å²) in [5, 5.41) is 7.82. The first-order valence-electron chi connectivity index (χ1n) is 5.83. The molecule has 0 saturated heterocycles. The lowest BCUT2D eigenvalue weighted by molar-refractivity contribution is -0.121. The predicted molar refractivity (Wildman–Crippen MR) is 67.3 cm³/mol. The van der Waals surface area contributed by atoms with Gasteiger partial charge in [-0.1, -0.05) is 6.92 Å². The first-order chi connectivity index (χ1) is 8.04. The molecule has 0 heterocycles. The van der Waals surface area contributed by atoms with Gasteiger partial charge in [0.1, 0.15) is 0 Å². The van der Waals surface area contributed by atoms with Crippen molar-refractivity contribution in [3.63, 3.8) is 0 Å². The molecule has 0 radical (unpaired) electrons. The molecule has 2 unspecified atom stereocenters. The van der Waals surface area contributed by atoms with Crippen LogP contribution in [0.1, 0.15) is 33.6 Å². The Morgan fingerprint density at radius 2 is 2.00 bits per heavy atom. The Morgan fingerprint density at radius 1 is 1.35 bits per heavy atom. The highest BCUT2D eigenvalue weighted by Gasteiger charge is 2.17. The van der Waals surface area contributed by atoms with Crippen molar-refractivity contribution in [3.8, 4) is 12.3 Å². The Hall–Kier alpha value is -1.54. The van der Waals surface area contributed by atoms with Crippen molar-refractivity contribution in [2.75, 3.05) is 6.54 Å². The Balaban J connectivity index is 4.12. The van der Waals surface area contributed by atoms with E-state index in [1.807, 2.05) is 6.92 Å². The number of carbonyl (C=O) groups excluding carboxylic acids is 2. The van der Waals surface area contributed by atoms with Crippen molar-refractivity contribution < 1.29 is 9.59 Å². The van der Waals surface area contributed by atoms with Gasteiger partial charge >= 0.3 is 6.03 Å². The van der Waals surface area contributed by atoms with Crippen LogP contribution in [0.15, 0.2) is 0 Å². The van der Waals surface area contributed by atoms with Crippen molar-refractivity contribution in [2.45, 2.75) is 45.7 Å². The van der Waals surface area contributed by atoms with Crippen LogP contribution in [0.3, 0.4) is 0 Å². The molecule has 0 bridgehead atoms. The Kier molecular flexibility index (Phi) is 7.82. The van der Waals surface area contributed by atoms with E-state index in [0.29, 0.717) is 13.0 Å². The lowest BCUT2D eigenvalue weighted by Crippen LogP contribution is -2.50. The molecule has 17 heavy (non-hydrogen) atoms. The van der Waals surface area contributed by atoms with Gasteiger partial charge in [-0.25, -0.2) is 4.79 Å². The fraction of sp³-hybridized carbons (Fsp3) is 0.667. The van der Waals surface area contributed by atoms with Crippen molar-refractivity contribution in [1.82, 2.24) is 16.0 Å². The largest absolute Gasteiger partial charge is 0.338 e. The maximum atomic E-state index is 11.6. The summed E-state index contributed by atoms with van der Waals surface area (Å²) in [5.74, 6) is 2.20. The van der Waals surface area contributed by atoms with E-state index >= 15 is 0 Å². The number of terminal acetylenes is 1. The smallest absolute Gasteiger partial charge is 0.321 e.